The maximum Gasteiger partial charge on any atom is 0.214 e. The van der Waals surface area contributed by atoms with Crippen LogP contribution in [0.3, 0.4) is 0 Å². The Balaban J connectivity index is 2.54. The molecule has 16 heavy (non-hydrogen) atoms. The van der Waals surface area contributed by atoms with Crippen molar-refractivity contribution in [3.8, 4) is 0 Å². The van der Waals surface area contributed by atoms with E-state index in [1.54, 1.807) is 4.31 Å². The lowest BCUT2D eigenvalue weighted by molar-refractivity contribution is 0.359. The molecule has 5 heteroatoms. The molecular formula is C11H24N2O2S. The van der Waals surface area contributed by atoms with E-state index in [2.05, 4.69) is 13.8 Å². The molecule has 1 aliphatic rings. The molecule has 1 saturated carbocycles. The van der Waals surface area contributed by atoms with Crippen LogP contribution in [-0.2, 0) is 10.0 Å². The van der Waals surface area contributed by atoms with Crippen molar-refractivity contribution < 1.29 is 8.42 Å². The first-order valence-electron chi connectivity index (χ1n) is 6.17. The zero-order chi connectivity index (χ0) is 12.2. The molecule has 0 saturated heterocycles. The molecule has 1 fully saturated rings. The van der Waals surface area contributed by atoms with Crippen LogP contribution in [0.1, 0.15) is 39.5 Å². The highest BCUT2D eigenvalue weighted by Gasteiger charge is 2.36. The second kappa shape index (κ2) is 5.98. The topological polar surface area (TPSA) is 63.4 Å². The fourth-order valence-corrected chi connectivity index (χ4v) is 3.75. The molecule has 4 nitrogen and oxygen atoms in total. The summed E-state index contributed by atoms with van der Waals surface area (Å²) in [5.74, 6) is 0.651. The minimum Gasteiger partial charge on any atom is -0.330 e. The average Bonchev–Trinajstić information content (AvgIpc) is 2.97. The third-order valence-electron chi connectivity index (χ3n) is 2.71. The van der Waals surface area contributed by atoms with Crippen molar-refractivity contribution >= 4 is 10.0 Å². The third kappa shape index (κ3) is 4.39. The Hall–Kier alpha value is -0.130. The van der Waals surface area contributed by atoms with Gasteiger partial charge in [-0.2, -0.15) is 4.31 Å². The summed E-state index contributed by atoms with van der Waals surface area (Å²) < 4.78 is 25.9. The van der Waals surface area contributed by atoms with Gasteiger partial charge in [-0.3, -0.25) is 0 Å². The lowest BCUT2D eigenvalue weighted by Gasteiger charge is -2.23. The van der Waals surface area contributed by atoms with Gasteiger partial charge in [0.05, 0.1) is 5.75 Å². The smallest absolute Gasteiger partial charge is 0.214 e. The van der Waals surface area contributed by atoms with E-state index in [9.17, 15) is 8.42 Å². The predicted molar refractivity (Wildman–Crippen MR) is 66.6 cm³/mol. The van der Waals surface area contributed by atoms with Gasteiger partial charge in [0.2, 0.25) is 10.0 Å². The second-order valence-electron chi connectivity index (χ2n) is 5.01. The number of unbranched alkanes of at least 4 members (excludes halogenated alkanes) is 1. The van der Waals surface area contributed by atoms with Crippen LogP contribution < -0.4 is 5.73 Å². The van der Waals surface area contributed by atoms with Crippen molar-refractivity contribution in [1.29, 1.82) is 0 Å². The Labute approximate surface area is 99.2 Å². The summed E-state index contributed by atoms with van der Waals surface area (Å²) in [6.07, 6.45) is 3.53. The standard InChI is InChI=1S/C11H24N2O2S/c1-10(2)9-13(11-5-6-11)16(14,15)8-4-3-7-12/h10-11H,3-9,12H2,1-2H3. The summed E-state index contributed by atoms with van der Waals surface area (Å²) in [6, 6.07) is 0.283. The lowest BCUT2D eigenvalue weighted by atomic mass is 10.2. The Morgan fingerprint density at radius 2 is 1.94 bits per heavy atom. The molecule has 0 amide bonds. The van der Waals surface area contributed by atoms with E-state index >= 15 is 0 Å². The van der Waals surface area contributed by atoms with Gasteiger partial charge < -0.3 is 5.73 Å². The molecule has 2 N–H and O–H groups in total. The number of hydrogen-bond acceptors (Lipinski definition) is 3. The van der Waals surface area contributed by atoms with Crippen LogP contribution in [0.2, 0.25) is 0 Å². The Morgan fingerprint density at radius 3 is 2.38 bits per heavy atom. The largest absolute Gasteiger partial charge is 0.330 e. The fraction of sp³-hybridized carbons (Fsp3) is 1.00. The number of nitrogens with two attached hydrogens (primary N) is 1. The van der Waals surface area contributed by atoms with Gasteiger partial charge in [-0.25, -0.2) is 8.42 Å². The molecule has 0 radical (unpaired) electrons. The minimum atomic E-state index is -3.05. The second-order valence-corrected chi connectivity index (χ2v) is 7.05. The highest BCUT2D eigenvalue weighted by molar-refractivity contribution is 7.89. The number of nitrogens with zero attached hydrogens (tertiary/aromatic N) is 1. The quantitative estimate of drug-likeness (QED) is 0.656. The van der Waals surface area contributed by atoms with Crippen molar-refractivity contribution in [1.82, 2.24) is 4.31 Å². The minimum absolute atomic E-state index is 0.257. The van der Waals surface area contributed by atoms with Gasteiger partial charge in [0.15, 0.2) is 0 Å². The molecule has 0 aliphatic heterocycles. The third-order valence-corrected chi connectivity index (χ3v) is 4.68. The van der Waals surface area contributed by atoms with Gasteiger partial charge in [-0.05, 0) is 38.1 Å². The molecule has 0 atom stereocenters. The summed E-state index contributed by atoms with van der Waals surface area (Å²) in [5, 5.41) is 0. The van der Waals surface area contributed by atoms with Gasteiger partial charge in [0.25, 0.3) is 0 Å². The fourth-order valence-electron chi connectivity index (χ4n) is 1.76. The molecule has 0 bridgehead atoms. The number of sulfonamides is 1. The Morgan fingerprint density at radius 1 is 1.31 bits per heavy atom. The number of rotatable bonds is 8. The van der Waals surface area contributed by atoms with E-state index in [0.29, 0.717) is 25.4 Å². The van der Waals surface area contributed by atoms with Crippen LogP contribution in [-0.4, -0.2) is 37.6 Å². The van der Waals surface area contributed by atoms with Crippen molar-refractivity contribution in [2.75, 3.05) is 18.8 Å². The Bertz CT molecular complexity index is 297. The summed E-state index contributed by atoms with van der Waals surface area (Å²) in [7, 11) is -3.05. The maximum absolute atomic E-state index is 12.1. The zero-order valence-electron chi connectivity index (χ0n) is 10.4. The summed E-state index contributed by atoms with van der Waals surface area (Å²) in [4.78, 5) is 0. The zero-order valence-corrected chi connectivity index (χ0v) is 11.2. The molecule has 96 valence electrons. The first-order chi connectivity index (χ1) is 7.47. The monoisotopic (exact) mass is 248 g/mol. The summed E-state index contributed by atoms with van der Waals surface area (Å²) in [6.45, 7) is 5.36. The van der Waals surface area contributed by atoms with Gasteiger partial charge in [0.1, 0.15) is 0 Å². The molecule has 0 aromatic heterocycles. The van der Waals surface area contributed by atoms with Crippen molar-refractivity contribution in [2.45, 2.75) is 45.6 Å². The number of hydrogen-bond donors (Lipinski definition) is 1. The molecule has 0 unspecified atom stereocenters. The van der Waals surface area contributed by atoms with Crippen LogP contribution in [0.4, 0.5) is 0 Å². The van der Waals surface area contributed by atoms with Crippen molar-refractivity contribution in [3.63, 3.8) is 0 Å². The van der Waals surface area contributed by atoms with Gasteiger partial charge in [-0.1, -0.05) is 13.8 Å². The van der Waals surface area contributed by atoms with Crippen LogP contribution >= 0.6 is 0 Å². The molecular weight excluding hydrogens is 224 g/mol. The molecule has 1 rings (SSSR count). The van der Waals surface area contributed by atoms with Gasteiger partial charge >= 0.3 is 0 Å². The van der Waals surface area contributed by atoms with Crippen LogP contribution in [0.15, 0.2) is 0 Å². The molecule has 0 spiro atoms. The van der Waals surface area contributed by atoms with Crippen LogP contribution in [0.5, 0.6) is 0 Å². The first kappa shape index (κ1) is 13.9. The average molecular weight is 248 g/mol. The van der Waals surface area contributed by atoms with E-state index in [0.717, 1.165) is 19.3 Å². The van der Waals surface area contributed by atoms with E-state index in [4.69, 9.17) is 5.73 Å². The lowest BCUT2D eigenvalue weighted by Crippen LogP contribution is -2.37. The Kier molecular flexibility index (Phi) is 5.21. The first-order valence-corrected chi connectivity index (χ1v) is 7.78. The maximum atomic E-state index is 12.1. The SMILES string of the molecule is CC(C)CN(C1CC1)S(=O)(=O)CCCCN. The molecule has 1 aliphatic carbocycles. The van der Waals surface area contributed by atoms with Crippen molar-refractivity contribution in [3.05, 3.63) is 0 Å². The van der Waals surface area contributed by atoms with E-state index in [1.165, 1.54) is 0 Å². The summed E-state index contributed by atoms with van der Waals surface area (Å²) >= 11 is 0. The normalized spacial score (nSPS) is 17.3. The molecule has 0 heterocycles. The van der Waals surface area contributed by atoms with Crippen LogP contribution in [0.25, 0.3) is 0 Å². The van der Waals surface area contributed by atoms with Crippen LogP contribution in [0, 0.1) is 5.92 Å². The van der Waals surface area contributed by atoms with E-state index < -0.39 is 10.0 Å². The van der Waals surface area contributed by atoms with E-state index in [1.807, 2.05) is 0 Å². The predicted octanol–water partition coefficient (Wildman–Crippen LogP) is 1.18. The van der Waals surface area contributed by atoms with Crippen molar-refractivity contribution in [2.24, 2.45) is 11.7 Å². The highest BCUT2D eigenvalue weighted by Crippen LogP contribution is 2.30. The molecule has 0 aromatic rings. The molecule has 0 aromatic carbocycles. The highest BCUT2D eigenvalue weighted by atomic mass is 32.2. The van der Waals surface area contributed by atoms with Gasteiger partial charge in [-0.15, -0.1) is 0 Å². The van der Waals surface area contributed by atoms with Gasteiger partial charge in [0, 0.05) is 12.6 Å². The van der Waals surface area contributed by atoms with E-state index in [-0.39, 0.29) is 11.8 Å². The summed E-state index contributed by atoms with van der Waals surface area (Å²) in [5.41, 5.74) is 5.38.